The van der Waals surface area contributed by atoms with Crippen molar-refractivity contribution in [1.29, 1.82) is 0 Å². The van der Waals surface area contributed by atoms with E-state index in [1.165, 1.54) is 19.2 Å². The summed E-state index contributed by atoms with van der Waals surface area (Å²) >= 11 is 0. The summed E-state index contributed by atoms with van der Waals surface area (Å²) in [6.07, 6.45) is 0.119. The number of nitrogens with zero attached hydrogens (tertiary/aromatic N) is 1. The minimum absolute atomic E-state index is 0.119. The number of esters is 1. The van der Waals surface area contributed by atoms with E-state index >= 15 is 0 Å². The molecule has 0 aliphatic heterocycles. The summed E-state index contributed by atoms with van der Waals surface area (Å²) in [6.45, 7) is 0. The first-order chi connectivity index (χ1) is 11.6. The van der Waals surface area contributed by atoms with Crippen molar-refractivity contribution in [3.05, 3.63) is 59.5 Å². The largest absolute Gasteiger partial charge is 0.464 e. The van der Waals surface area contributed by atoms with E-state index < -0.39 is 5.97 Å². The highest BCUT2D eigenvalue weighted by molar-refractivity contribution is 6.04. The molecule has 2 aromatic carbocycles. The number of hydrogen-bond donors (Lipinski definition) is 2. The fourth-order valence-corrected chi connectivity index (χ4v) is 2.34. The van der Waals surface area contributed by atoms with Crippen LogP contribution in [0.5, 0.6) is 0 Å². The number of halogens is 1. The lowest BCUT2D eigenvalue weighted by Crippen LogP contribution is -2.14. The van der Waals surface area contributed by atoms with Crippen LogP contribution in [0.2, 0.25) is 0 Å². The molecule has 24 heavy (non-hydrogen) atoms. The Kier molecular flexibility index (Phi) is 4.24. The molecule has 0 aliphatic rings. The predicted octanol–water partition coefficient (Wildman–Crippen LogP) is 2.67. The first-order valence-corrected chi connectivity index (χ1v) is 7.17. The maximum atomic E-state index is 12.9. The van der Waals surface area contributed by atoms with Gasteiger partial charge in [0.1, 0.15) is 5.82 Å². The standard InChI is InChI=1S/C17H14FN3O3/c1-24-17(23)16-13-9-12(6-7-14(13)20-21-16)19-15(22)8-10-2-4-11(18)5-3-10/h2-7,9H,8H2,1H3,(H,19,22)(H,20,21). The minimum Gasteiger partial charge on any atom is -0.464 e. The molecule has 0 unspecified atom stereocenters. The van der Waals surface area contributed by atoms with Crippen molar-refractivity contribution in [2.75, 3.05) is 12.4 Å². The number of nitrogens with one attached hydrogen (secondary N) is 2. The van der Waals surface area contributed by atoms with Crippen molar-refractivity contribution < 1.29 is 18.7 Å². The van der Waals surface area contributed by atoms with Crippen molar-refractivity contribution in [2.24, 2.45) is 0 Å². The number of carbonyl (C=O) groups is 2. The molecular weight excluding hydrogens is 313 g/mol. The third-order valence-electron chi connectivity index (χ3n) is 3.50. The van der Waals surface area contributed by atoms with Gasteiger partial charge in [0.05, 0.1) is 19.0 Å². The molecule has 3 aromatic rings. The lowest BCUT2D eigenvalue weighted by molar-refractivity contribution is -0.115. The summed E-state index contributed by atoms with van der Waals surface area (Å²) in [5, 5.41) is 9.95. The van der Waals surface area contributed by atoms with Crippen molar-refractivity contribution in [3.8, 4) is 0 Å². The van der Waals surface area contributed by atoms with Gasteiger partial charge in [0, 0.05) is 11.1 Å². The lowest BCUT2D eigenvalue weighted by Gasteiger charge is -2.06. The Hall–Kier alpha value is -3.22. The number of hydrogen-bond acceptors (Lipinski definition) is 4. The van der Waals surface area contributed by atoms with Gasteiger partial charge < -0.3 is 10.1 Å². The minimum atomic E-state index is -0.559. The summed E-state index contributed by atoms with van der Waals surface area (Å²) in [5.41, 5.74) is 2.05. The second kappa shape index (κ2) is 6.49. The summed E-state index contributed by atoms with van der Waals surface area (Å²) in [7, 11) is 1.27. The van der Waals surface area contributed by atoms with Crippen LogP contribution in [-0.4, -0.2) is 29.2 Å². The van der Waals surface area contributed by atoms with E-state index in [0.29, 0.717) is 22.2 Å². The van der Waals surface area contributed by atoms with Gasteiger partial charge in [0.2, 0.25) is 5.91 Å². The Labute approximate surface area is 136 Å². The highest BCUT2D eigenvalue weighted by Gasteiger charge is 2.15. The van der Waals surface area contributed by atoms with E-state index in [2.05, 4.69) is 20.3 Å². The number of benzene rings is 2. The Morgan fingerprint density at radius 3 is 2.67 bits per heavy atom. The number of methoxy groups -OCH3 is 1. The van der Waals surface area contributed by atoms with Gasteiger partial charge in [-0.25, -0.2) is 9.18 Å². The van der Waals surface area contributed by atoms with E-state index in [9.17, 15) is 14.0 Å². The molecule has 1 amide bonds. The molecule has 0 saturated carbocycles. The Morgan fingerprint density at radius 1 is 1.21 bits per heavy atom. The highest BCUT2D eigenvalue weighted by Crippen LogP contribution is 2.21. The van der Waals surface area contributed by atoms with Crippen LogP contribution in [0.3, 0.4) is 0 Å². The first kappa shape index (κ1) is 15.7. The quantitative estimate of drug-likeness (QED) is 0.722. The van der Waals surface area contributed by atoms with Gasteiger partial charge in [-0.3, -0.25) is 9.89 Å². The zero-order valence-corrected chi connectivity index (χ0v) is 12.8. The van der Waals surface area contributed by atoms with Gasteiger partial charge in [0.15, 0.2) is 5.69 Å². The van der Waals surface area contributed by atoms with Crippen LogP contribution in [-0.2, 0) is 16.0 Å². The van der Waals surface area contributed by atoms with E-state index in [-0.39, 0.29) is 23.8 Å². The molecule has 0 aliphatic carbocycles. The van der Waals surface area contributed by atoms with Crippen LogP contribution in [0.25, 0.3) is 10.9 Å². The van der Waals surface area contributed by atoms with Crippen molar-refractivity contribution in [2.45, 2.75) is 6.42 Å². The van der Waals surface area contributed by atoms with Gasteiger partial charge in [-0.15, -0.1) is 0 Å². The number of H-pyrrole nitrogens is 1. The fourth-order valence-electron chi connectivity index (χ4n) is 2.34. The molecule has 7 heteroatoms. The molecule has 0 saturated heterocycles. The number of fused-ring (bicyclic) bond motifs is 1. The second-order valence-electron chi connectivity index (χ2n) is 5.18. The monoisotopic (exact) mass is 327 g/mol. The van der Waals surface area contributed by atoms with Gasteiger partial charge in [-0.05, 0) is 35.9 Å². The Bertz CT molecular complexity index is 903. The summed E-state index contributed by atoms with van der Waals surface area (Å²) in [6, 6.07) is 10.8. The molecule has 3 rings (SSSR count). The van der Waals surface area contributed by atoms with Crippen molar-refractivity contribution in [1.82, 2.24) is 10.2 Å². The number of amides is 1. The van der Waals surface area contributed by atoms with E-state index in [1.807, 2.05) is 0 Å². The Morgan fingerprint density at radius 2 is 1.96 bits per heavy atom. The fraction of sp³-hybridized carbons (Fsp3) is 0.118. The zero-order chi connectivity index (χ0) is 17.1. The van der Waals surface area contributed by atoms with Crippen LogP contribution in [0.4, 0.5) is 10.1 Å². The zero-order valence-electron chi connectivity index (χ0n) is 12.8. The molecule has 1 heterocycles. The van der Waals surface area contributed by atoms with Crippen LogP contribution < -0.4 is 5.32 Å². The third kappa shape index (κ3) is 3.24. The molecule has 0 spiro atoms. The molecule has 0 fully saturated rings. The smallest absolute Gasteiger partial charge is 0.359 e. The summed E-state index contributed by atoms with van der Waals surface area (Å²) in [5.74, 6) is -1.15. The van der Waals surface area contributed by atoms with Gasteiger partial charge in [-0.2, -0.15) is 5.10 Å². The first-order valence-electron chi connectivity index (χ1n) is 7.17. The molecular formula is C17H14FN3O3. The van der Waals surface area contributed by atoms with Crippen molar-refractivity contribution >= 4 is 28.5 Å². The molecule has 1 aromatic heterocycles. The maximum Gasteiger partial charge on any atom is 0.359 e. The second-order valence-corrected chi connectivity index (χ2v) is 5.18. The number of carbonyl (C=O) groups excluding carboxylic acids is 2. The van der Waals surface area contributed by atoms with E-state index in [4.69, 9.17) is 0 Å². The topological polar surface area (TPSA) is 84.1 Å². The van der Waals surface area contributed by atoms with Crippen molar-refractivity contribution in [3.63, 3.8) is 0 Å². The van der Waals surface area contributed by atoms with Crippen LogP contribution in [0.15, 0.2) is 42.5 Å². The molecule has 0 atom stereocenters. The maximum absolute atomic E-state index is 12.9. The third-order valence-corrected chi connectivity index (χ3v) is 3.50. The van der Waals surface area contributed by atoms with Crippen LogP contribution in [0, 0.1) is 5.82 Å². The average molecular weight is 327 g/mol. The van der Waals surface area contributed by atoms with Gasteiger partial charge in [0.25, 0.3) is 0 Å². The Balaban J connectivity index is 1.78. The summed E-state index contributed by atoms with van der Waals surface area (Å²) in [4.78, 5) is 23.8. The molecule has 122 valence electrons. The summed E-state index contributed by atoms with van der Waals surface area (Å²) < 4.78 is 17.5. The number of ether oxygens (including phenoxy) is 1. The molecule has 2 N–H and O–H groups in total. The average Bonchev–Trinajstić information content (AvgIpc) is 2.99. The number of rotatable bonds is 4. The number of aromatic amines is 1. The normalized spacial score (nSPS) is 10.6. The molecule has 0 bridgehead atoms. The van der Waals surface area contributed by atoms with Crippen LogP contribution in [0.1, 0.15) is 16.1 Å². The number of aromatic nitrogens is 2. The van der Waals surface area contributed by atoms with Gasteiger partial charge in [-0.1, -0.05) is 12.1 Å². The van der Waals surface area contributed by atoms with Gasteiger partial charge >= 0.3 is 5.97 Å². The lowest BCUT2D eigenvalue weighted by atomic mass is 10.1. The van der Waals surface area contributed by atoms with E-state index in [0.717, 1.165) is 0 Å². The molecule has 0 radical (unpaired) electrons. The van der Waals surface area contributed by atoms with E-state index in [1.54, 1.807) is 30.3 Å². The van der Waals surface area contributed by atoms with Crippen LogP contribution >= 0.6 is 0 Å². The molecule has 6 nitrogen and oxygen atoms in total. The predicted molar refractivity (Wildman–Crippen MR) is 86.2 cm³/mol. The highest BCUT2D eigenvalue weighted by atomic mass is 19.1. The number of anilines is 1. The SMILES string of the molecule is COC(=O)c1n[nH]c2ccc(NC(=O)Cc3ccc(F)cc3)cc12.